The normalized spacial score (nSPS) is 10.8. The number of para-hydroxylation sites is 1. The maximum absolute atomic E-state index is 12.3. The second kappa shape index (κ2) is 7.70. The van der Waals surface area contributed by atoms with Crippen LogP contribution in [0.3, 0.4) is 0 Å². The van der Waals surface area contributed by atoms with Crippen LogP contribution in [0.4, 0.5) is 5.82 Å². The van der Waals surface area contributed by atoms with E-state index in [1.54, 1.807) is 12.1 Å². The number of carbonyl (C=O) groups is 1. The summed E-state index contributed by atoms with van der Waals surface area (Å²) in [6.45, 7) is 1.93. The number of pyridine rings is 1. The third-order valence-electron chi connectivity index (χ3n) is 4.22. The van der Waals surface area contributed by atoms with Crippen molar-refractivity contribution in [1.82, 2.24) is 15.4 Å². The van der Waals surface area contributed by atoms with Crippen LogP contribution in [0, 0.1) is 6.92 Å². The number of nitrogens with one attached hydrogen (secondary N) is 2. The molecule has 0 fully saturated rings. The molecule has 7 heteroatoms. The van der Waals surface area contributed by atoms with Crippen molar-refractivity contribution in [1.29, 1.82) is 0 Å². The van der Waals surface area contributed by atoms with Gasteiger partial charge < -0.3 is 4.42 Å². The molecule has 0 aliphatic carbocycles. The van der Waals surface area contributed by atoms with E-state index in [2.05, 4.69) is 20.8 Å². The van der Waals surface area contributed by atoms with Gasteiger partial charge in [-0.05, 0) is 48.9 Å². The van der Waals surface area contributed by atoms with Crippen molar-refractivity contribution in [2.75, 3.05) is 5.43 Å². The van der Waals surface area contributed by atoms with Gasteiger partial charge in [0.2, 0.25) is 11.8 Å². The lowest BCUT2D eigenvalue weighted by Crippen LogP contribution is -2.31. The summed E-state index contributed by atoms with van der Waals surface area (Å²) < 4.78 is 5.45. The van der Waals surface area contributed by atoms with E-state index >= 15 is 0 Å². The molecule has 0 saturated heterocycles. The minimum absolute atomic E-state index is 0.0801. The van der Waals surface area contributed by atoms with Gasteiger partial charge in [0.05, 0.1) is 17.6 Å². The number of hydrazine groups is 1. The van der Waals surface area contributed by atoms with E-state index in [0.717, 1.165) is 22.0 Å². The molecule has 6 nitrogen and oxygen atoms in total. The molecule has 1 amide bonds. The van der Waals surface area contributed by atoms with Crippen LogP contribution in [-0.2, 0) is 11.2 Å². The van der Waals surface area contributed by atoms with Crippen LogP contribution < -0.4 is 10.9 Å². The average molecular weight is 393 g/mol. The Morgan fingerprint density at radius 2 is 1.89 bits per heavy atom. The fourth-order valence-corrected chi connectivity index (χ4v) is 2.92. The molecule has 2 aromatic heterocycles. The van der Waals surface area contributed by atoms with Gasteiger partial charge in [-0.15, -0.1) is 0 Å². The van der Waals surface area contributed by atoms with E-state index < -0.39 is 0 Å². The summed E-state index contributed by atoms with van der Waals surface area (Å²) in [5.74, 6) is 0.804. The van der Waals surface area contributed by atoms with Gasteiger partial charge in [-0.2, -0.15) is 0 Å². The van der Waals surface area contributed by atoms with Gasteiger partial charge in [0.15, 0.2) is 0 Å². The largest absolute Gasteiger partial charge is 0.444 e. The Labute approximate surface area is 166 Å². The number of aryl methyl sites for hydroxylation is 1. The highest BCUT2D eigenvalue weighted by Gasteiger charge is 2.11. The molecule has 4 rings (SSSR count). The van der Waals surface area contributed by atoms with Gasteiger partial charge in [0, 0.05) is 16.0 Å². The Bertz CT molecular complexity index is 1140. The third kappa shape index (κ3) is 3.97. The molecular formula is C21H17ClN4O2. The predicted octanol–water partition coefficient (Wildman–Crippen LogP) is 4.54. The van der Waals surface area contributed by atoms with Crippen molar-refractivity contribution >= 4 is 34.2 Å². The number of hydrogen-bond acceptors (Lipinski definition) is 5. The molecule has 2 heterocycles. The number of nitrogens with zero attached hydrogens (tertiary/aromatic N) is 2. The van der Waals surface area contributed by atoms with E-state index in [-0.39, 0.29) is 12.3 Å². The fraction of sp³-hybridized carbons (Fsp3) is 0.0952. The summed E-state index contributed by atoms with van der Waals surface area (Å²) in [6.07, 6.45) is 1.56. The molecule has 4 aromatic rings. The molecule has 0 radical (unpaired) electrons. The van der Waals surface area contributed by atoms with Crippen LogP contribution in [-0.4, -0.2) is 15.9 Å². The lowest BCUT2D eigenvalue weighted by molar-refractivity contribution is -0.120. The number of hydrogen-bond donors (Lipinski definition) is 2. The zero-order valence-electron chi connectivity index (χ0n) is 15.1. The van der Waals surface area contributed by atoms with Crippen molar-refractivity contribution in [3.63, 3.8) is 0 Å². The SMILES string of the molecule is Cc1cc2ccccc2nc1NNC(=O)Cc1coc(-c2ccc(Cl)cc2)n1. The van der Waals surface area contributed by atoms with Crippen LogP contribution in [0.25, 0.3) is 22.4 Å². The zero-order valence-corrected chi connectivity index (χ0v) is 15.8. The molecule has 0 saturated carbocycles. The van der Waals surface area contributed by atoms with E-state index in [1.807, 2.05) is 49.4 Å². The smallest absolute Gasteiger partial charge is 0.244 e. The summed E-state index contributed by atoms with van der Waals surface area (Å²) in [5, 5.41) is 1.69. The van der Waals surface area contributed by atoms with Gasteiger partial charge in [0.25, 0.3) is 0 Å². The molecule has 0 bridgehead atoms. The second-order valence-corrected chi connectivity index (χ2v) is 6.78. The van der Waals surface area contributed by atoms with Gasteiger partial charge in [-0.1, -0.05) is 29.8 Å². The Morgan fingerprint density at radius 3 is 2.71 bits per heavy atom. The van der Waals surface area contributed by atoms with Gasteiger partial charge >= 0.3 is 0 Å². The molecular weight excluding hydrogens is 376 g/mol. The van der Waals surface area contributed by atoms with Crippen molar-refractivity contribution < 1.29 is 9.21 Å². The summed E-state index contributed by atoms with van der Waals surface area (Å²) in [5.41, 5.74) is 8.67. The molecule has 2 aromatic carbocycles. The summed E-state index contributed by atoms with van der Waals surface area (Å²) in [4.78, 5) is 21.1. The summed E-state index contributed by atoms with van der Waals surface area (Å²) in [6, 6.07) is 17.0. The monoisotopic (exact) mass is 392 g/mol. The number of benzene rings is 2. The average Bonchev–Trinajstić information content (AvgIpc) is 3.15. The minimum atomic E-state index is -0.245. The molecule has 0 aliphatic rings. The van der Waals surface area contributed by atoms with Crippen molar-refractivity contribution in [3.05, 3.63) is 77.1 Å². The first-order chi connectivity index (χ1) is 13.6. The number of halogens is 1. The van der Waals surface area contributed by atoms with Gasteiger partial charge in [-0.3, -0.25) is 15.6 Å². The molecule has 28 heavy (non-hydrogen) atoms. The molecule has 0 aliphatic heterocycles. The van der Waals surface area contributed by atoms with Crippen molar-refractivity contribution in [3.8, 4) is 11.5 Å². The molecule has 2 N–H and O–H groups in total. The highest BCUT2D eigenvalue weighted by atomic mass is 35.5. The maximum atomic E-state index is 12.3. The summed E-state index contributed by atoms with van der Waals surface area (Å²) >= 11 is 5.89. The Morgan fingerprint density at radius 1 is 1.11 bits per heavy atom. The molecule has 0 unspecified atom stereocenters. The number of amides is 1. The van der Waals surface area contributed by atoms with E-state index in [1.165, 1.54) is 6.26 Å². The topological polar surface area (TPSA) is 80.0 Å². The van der Waals surface area contributed by atoms with Crippen LogP contribution >= 0.6 is 11.6 Å². The Hall–Kier alpha value is -3.38. The number of carbonyl (C=O) groups excluding carboxylic acids is 1. The van der Waals surface area contributed by atoms with Crippen molar-refractivity contribution in [2.45, 2.75) is 13.3 Å². The highest BCUT2D eigenvalue weighted by molar-refractivity contribution is 6.30. The van der Waals surface area contributed by atoms with E-state index in [0.29, 0.717) is 22.4 Å². The zero-order chi connectivity index (χ0) is 19.5. The first kappa shape index (κ1) is 18.0. The standard InChI is InChI=1S/C21H17ClN4O2/c1-13-10-15-4-2-3-5-18(15)24-20(13)26-25-19(27)11-17-12-28-21(23-17)14-6-8-16(22)9-7-14/h2-10,12H,11H2,1H3,(H,24,26)(H,25,27). The van der Waals surface area contributed by atoms with Gasteiger partial charge in [0.1, 0.15) is 12.1 Å². The van der Waals surface area contributed by atoms with E-state index in [4.69, 9.17) is 16.0 Å². The van der Waals surface area contributed by atoms with Crippen LogP contribution in [0.5, 0.6) is 0 Å². The number of aromatic nitrogens is 2. The molecule has 0 spiro atoms. The number of fused-ring (bicyclic) bond motifs is 1. The maximum Gasteiger partial charge on any atom is 0.244 e. The number of anilines is 1. The number of rotatable bonds is 5. The van der Waals surface area contributed by atoms with Crippen LogP contribution in [0.15, 0.2) is 65.3 Å². The Balaban J connectivity index is 1.40. The Kier molecular flexibility index (Phi) is 4.95. The van der Waals surface area contributed by atoms with Crippen LogP contribution in [0.2, 0.25) is 5.02 Å². The predicted molar refractivity (Wildman–Crippen MR) is 109 cm³/mol. The van der Waals surface area contributed by atoms with Crippen molar-refractivity contribution in [2.24, 2.45) is 0 Å². The first-order valence-corrected chi connectivity index (χ1v) is 9.08. The number of oxazole rings is 1. The van der Waals surface area contributed by atoms with Crippen LogP contribution in [0.1, 0.15) is 11.3 Å². The quantitative estimate of drug-likeness (QED) is 0.487. The minimum Gasteiger partial charge on any atom is -0.444 e. The lowest BCUT2D eigenvalue weighted by Gasteiger charge is -2.10. The fourth-order valence-electron chi connectivity index (χ4n) is 2.80. The molecule has 140 valence electrons. The second-order valence-electron chi connectivity index (χ2n) is 6.35. The van der Waals surface area contributed by atoms with E-state index in [9.17, 15) is 4.79 Å². The highest BCUT2D eigenvalue weighted by Crippen LogP contribution is 2.21. The first-order valence-electron chi connectivity index (χ1n) is 8.70. The lowest BCUT2D eigenvalue weighted by atomic mass is 10.1. The molecule has 0 atom stereocenters. The third-order valence-corrected chi connectivity index (χ3v) is 4.47. The summed E-state index contributed by atoms with van der Waals surface area (Å²) in [7, 11) is 0. The van der Waals surface area contributed by atoms with Gasteiger partial charge in [-0.25, -0.2) is 9.97 Å².